The third kappa shape index (κ3) is 7.57. The van der Waals surface area contributed by atoms with Crippen LogP contribution in [0.5, 0.6) is 0 Å². The van der Waals surface area contributed by atoms with Crippen molar-refractivity contribution in [3.05, 3.63) is 193 Å². The summed E-state index contributed by atoms with van der Waals surface area (Å²) in [5, 5.41) is 0. The van der Waals surface area contributed by atoms with Crippen LogP contribution in [0.2, 0.25) is 0 Å². The summed E-state index contributed by atoms with van der Waals surface area (Å²) in [7, 11) is 0. The van der Waals surface area contributed by atoms with Crippen LogP contribution in [0, 0.1) is 13.8 Å². The van der Waals surface area contributed by atoms with Crippen molar-refractivity contribution in [2.45, 2.75) is 66.2 Å². The summed E-state index contributed by atoms with van der Waals surface area (Å²) in [4.78, 5) is 0. The maximum absolute atomic E-state index is 2.28. The Balaban J connectivity index is 1.11. The Bertz CT molecular complexity index is 2430. The largest absolute Gasteiger partial charge is 0.323 e. The average molecular weight is 729 g/mol. The molecule has 0 spiro atoms. The van der Waals surface area contributed by atoms with Crippen molar-refractivity contribution in [3.63, 3.8) is 0 Å². The first-order valence-corrected chi connectivity index (χ1v) is 19.8. The molecule has 0 unspecified atom stereocenters. The summed E-state index contributed by atoms with van der Waals surface area (Å²) in [6.07, 6.45) is 9.12. The van der Waals surface area contributed by atoms with Crippen molar-refractivity contribution in [3.8, 4) is 67.0 Å². The van der Waals surface area contributed by atoms with Gasteiger partial charge in [-0.2, -0.15) is 0 Å². The minimum Gasteiger partial charge on any atom is -0.323 e. The summed E-state index contributed by atoms with van der Waals surface area (Å²) < 4.78 is 4.54. The predicted octanol–water partition coefficient (Wildman–Crippen LogP) is 14.8. The normalized spacial score (nSPS) is 11.9. The Labute approximate surface area is 333 Å². The van der Waals surface area contributed by atoms with Gasteiger partial charge in [0.15, 0.2) is 0 Å². The molecule has 0 amide bonds. The lowest BCUT2D eigenvalue weighted by Crippen LogP contribution is -2.10. The van der Waals surface area contributed by atoms with Crippen LogP contribution in [0.3, 0.4) is 0 Å². The second-order valence-electron chi connectivity index (χ2n) is 17.5. The Morgan fingerprint density at radius 1 is 0.321 bits per heavy atom. The molecule has 0 aliphatic carbocycles. The molecule has 0 radical (unpaired) electrons. The molecule has 0 saturated carbocycles. The van der Waals surface area contributed by atoms with Crippen LogP contribution in [0.25, 0.3) is 67.0 Å². The Hall–Kier alpha value is -6.12. The van der Waals surface area contributed by atoms with E-state index >= 15 is 0 Å². The lowest BCUT2D eigenvalue weighted by atomic mass is 9.87. The molecular weight excluding hydrogens is 677 g/mol. The summed E-state index contributed by atoms with van der Waals surface area (Å²) in [6, 6.07) is 53.7. The molecule has 278 valence electrons. The Morgan fingerprint density at radius 2 is 0.625 bits per heavy atom. The van der Waals surface area contributed by atoms with E-state index in [0.29, 0.717) is 0 Å². The van der Waals surface area contributed by atoms with Gasteiger partial charge in [-0.25, -0.2) is 0 Å². The van der Waals surface area contributed by atoms with Crippen molar-refractivity contribution in [1.29, 1.82) is 0 Å². The van der Waals surface area contributed by atoms with E-state index in [1.54, 1.807) is 0 Å². The Kier molecular flexibility index (Phi) is 9.54. The molecule has 0 saturated heterocycles. The van der Waals surface area contributed by atoms with Gasteiger partial charge in [0.25, 0.3) is 0 Å². The molecule has 56 heavy (non-hydrogen) atoms. The topological polar surface area (TPSA) is 9.86 Å². The van der Waals surface area contributed by atoms with E-state index in [1.807, 2.05) is 0 Å². The summed E-state index contributed by atoms with van der Waals surface area (Å²) in [6.45, 7) is 17.9. The average Bonchev–Trinajstić information content (AvgIpc) is 3.84. The van der Waals surface area contributed by atoms with Crippen LogP contribution in [0.4, 0.5) is 0 Å². The van der Waals surface area contributed by atoms with Gasteiger partial charge in [0, 0.05) is 58.4 Å². The smallest absolute Gasteiger partial charge is 0.0450 e. The van der Waals surface area contributed by atoms with E-state index < -0.39 is 0 Å². The summed E-state index contributed by atoms with van der Waals surface area (Å²) in [5.41, 5.74) is 19.9. The minimum atomic E-state index is 0.116. The molecule has 2 heteroatoms. The molecule has 8 rings (SSSR count). The third-order valence-electron chi connectivity index (χ3n) is 11.1. The quantitative estimate of drug-likeness (QED) is 0.155. The lowest BCUT2D eigenvalue weighted by molar-refractivity contribution is 0.590. The van der Waals surface area contributed by atoms with Gasteiger partial charge >= 0.3 is 0 Å². The van der Waals surface area contributed by atoms with Crippen molar-refractivity contribution < 1.29 is 0 Å². The summed E-state index contributed by atoms with van der Waals surface area (Å²) in [5.74, 6) is 0. The highest BCUT2D eigenvalue weighted by Gasteiger charge is 2.18. The fraction of sp³-hybridized carbons (Fsp3) is 0.185. The van der Waals surface area contributed by atoms with Crippen molar-refractivity contribution >= 4 is 0 Å². The zero-order valence-corrected chi connectivity index (χ0v) is 34.1. The van der Waals surface area contributed by atoms with Crippen molar-refractivity contribution in [2.24, 2.45) is 0 Å². The number of benzene rings is 6. The molecule has 6 aromatic carbocycles. The molecule has 0 aliphatic heterocycles. The molecule has 2 aromatic heterocycles. The maximum Gasteiger partial charge on any atom is 0.0450 e. The molecule has 2 heterocycles. The van der Waals surface area contributed by atoms with E-state index in [-0.39, 0.29) is 10.8 Å². The molecule has 0 bridgehead atoms. The standard InChI is InChI=1S/C54H52N2/c1-37-11-9-13-43(31-37)51-35-55(47-27-23-45(24-28-47)53(3,4)5)33-49(51)41-19-15-39(16-20-41)40-17-21-42(22-18-40)50-34-56(36-52(50)44-14-10-12-38(2)32-44)48-29-25-46(26-30-48)54(6,7)8/h9-36H,1-8H3. The molecular formula is C54H52N2. The molecule has 0 atom stereocenters. The van der Waals surface area contributed by atoms with Gasteiger partial charge in [-0.1, -0.05) is 174 Å². The lowest BCUT2D eigenvalue weighted by Gasteiger charge is -2.19. The van der Waals surface area contributed by atoms with Gasteiger partial charge in [-0.15, -0.1) is 0 Å². The number of hydrogen-bond donors (Lipinski definition) is 0. The first-order chi connectivity index (χ1) is 26.8. The fourth-order valence-corrected chi connectivity index (χ4v) is 7.70. The fourth-order valence-electron chi connectivity index (χ4n) is 7.70. The monoisotopic (exact) mass is 728 g/mol. The predicted molar refractivity (Wildman–Crippen MR) is 239 cm³/mol. The maximum atomic E-state index is 2.28. The van der Waals surface area contributed by atoms with E-state index in [4.69, 9.17) is 0 Å². The number of rotatable bonds is 7. The molecule has 0 aliphatic rings. The van der Waals surface area contributed by atoms with Crippen LogP contribution in [-0.4, -0.2) is 9.13 Å². The summed E-state index contributed by atoms with van der Waals surface area (Å²) >= 11 is 0. The van der Waals surface area contributed by atoms with Gasteiger partial charge in [0.05, 0.1) is 0 Å². The second-order valence-corrected chi connectivity index (χ2v) is 17.5. The SMILES string of the molecule is Cc1cccc(-c2cn(-c3ccc(C(C)(C)C)cc3)cc2-c2ccc(-c3ccc(-c4cn(-c5ccc(C(C)(C)C)cc5)cc4-c4cccc(C)c4)cc3)cc2)c1. The van der Waals surface area contributed by atoms with Gasteiger partial charge in [0.2, 0.25) is 0 Å². The van der Waals surface area contributed by atoms with E-state index in [9.17, 15) is 0 Å². The molecule has 0 fully saturated rings. The van der Waals surface area contributed by atoms with Crippen LogP contribution in [-0.2, 0) is 10.8 Å². The van der Waals surface area contributed by atoms with Gasteiger partial charge in [0.1, 0.15) is 0 Å². The van der Waals surface area contributed by atoms with Crippen molar-refractivity contribution in [1.82, 2.24) is 9.13 Å². The highest BCUT2D eigenvalue weighted by atomic mass is 15.0. The second kappa shape index (κ2) is 14.5. The molecule has 8 aromatic rings. The highest BCUT2D eigenvalue weighted by molar-refractivity contribution is 5.87. The Morgan fingerprint density at radius 3 is 0.929 bits per heavy atom. The zero-order chi connectivity index (χ0) is 39.2. The minimum absolute atomic E-state index is 0.116. The van der Waals surface area contributed by atoms with E-state index in [0.717, 1.165) is 11.4 Å². The van der Waals surface area contributed by atoms with Crippen LogP contribution in [0.1, 0.15) is 63.8 Å². The first kappa shape index (κ1) is 36.8. The number of aromatic nitrogens is 2. The van der Waals surface area contributed by atoms with E-state index in [2.05, 4.69) is 235 Å². The third-order valence-corrected chi connectivity index (χ3v) is 11.1. The van der Waals surface area contributed by atoms with Crippen LogP contribution >= 0.6 is 0 Å². The van der Waals surface area contributed by atoms with Crippen LogP contribution in [0.15, 0.2) is 170 Å². The zero-order valence-electron chi connectivity index (χ0n) is 34.1. The van der Waals surface area contributed by atoms with Gasteiger partial charge < -0.3 is 9.13 Å². The molecule has 2 nitrogen and oxygen atoms in total. The number of nitrogens with zero attached hydrogens (tertiary/aromatic N) is 2. The highest BCUT2D eigenvalue weighted by Crippen LogP contribution is 2.39. The van der Waals surface area contributed by atoms with Crippen molar-refractivity contribution in [2.75, 3.05) is 0 Å². The van der Waals surface area contributed by atoms with Gasteiger partial charge in [-0.3, -0.25) is 0 Å². The number of aryl methyl sites for hydroxylation is 2. The molecule has 0 N–H and O–H groups in total. The first-order valence-electron chi connectivity index (χ1n) is 19.8. The van der Waals surface area contributed by atoms with Crippen LogP contribution < -0.4 is 0 Å². The van der Waals surface area contributed by atoms with E-state index in [1.165, 1.54) is 77.9 Å². The van der Waals surface area contributed by atoms with Gasteiger partial charge in [-0.05, 0) is 93.5 Å². The number of hydrogen-bond acceptors (Lipinski definition) is 0.